The molecule has 0 atom stereocenters. The van der Waals surface area contributed by atoms with Crippen molar-refractivity contribution in [1.82, 2.24) is 19.9 Å². The lowest BCUT2D eigenvalue weighted by molar-refractivity contribution is -0.120. The zero-order valence-electron chi connectivity index (χ0n) is 16.7. The summed E-state index contributed by atoms with van der Waals surface area (Å²) in [7, 11) is -3.40. The average molecular weight is 479 g/mol. The van der Waals surface area contributed by atoms with E-state index in [1.807, 2.05) is 0 Å². The molecule has 0 aliphatic heterocycles. The smallest absolute Gasteiger partial charge is 0.237 e. The molecule has 0 bridgehead atoms. The number of halogens is 1. The van der Waals surface area contributed by atoms with E-state index in [1.165, 1.54) is 6.20 Å². The van der Waals surface area contributed by atoms with Gasteiger partial charge in [-0.3, -0.25) is 14.5 Å². The number of hydrogen-bond acceptors (Lipinski definition) is 8. The number of sulfonamides is 1. The van der Waals surface area contributed by atoms with Crippen LogP contribution in [0.1, 0.15) is 32.4 Å². The van der Waals surface area contributed by atoms with Gasteiger partial charge in [-0.05, 0) is 38.8 Å². The second-order valence-electron chi connectivity index (χ2n) is 7.62. The topological polar surface area (TPSA) is 127 Å². The molecule has 1 fully saturated rings. The minimum Gasteiger partial charge on any atom is -0.310 e. The Morgan fingerprint density at radius 3 is 2.61 bits per heavy atom. The van der Waals surface area contributed by atoms with Crippen LogP contribution in [0, 0.1) is 0 Å². The van der Waals surface area contributed by atoms with Crippen molar-refractivity contribution in [1.29, 1.82) is 0 Å². The van der Waals surface area contributed by atoms with Crippen LogP contribution in [0.3, 0.4) is 0 Å². The van der Waals surface area contributed by atoms with Crippen LogP contribution >= 0.6 is 22.9 Å². The third-order valence-electron chi connectivity index (χ3n) is 4.81. The van der Waals surface area contributed by atoms with Crippen molar-refractivity contribution in [3.8, 4) is 11.3 Å². The zero-order valence-corrected chi connectivity index (χ0v) is 19.1. The van der Waals surface area contributed by atoms with E-state index in [9.17, 15) is 13.2 Å². The minimum absolute atomic E-state index is 0.257. The molecule has 1 aliphatic carbocycles. The van der Waals surface area contributed by atoms with Gasteiger partial charge in [-0.15, -0.1) is 11.3 Å². The van der Waals surface area contributed by atoms with Crippen LogP contribution in [-0.2, 0) is 20.2 Å². The lowest BCUT2D eigenvalue weighted by Gasteiger charge is -2.21. The Morgan fingerprint density at radius 1 is 1.19 bits per heavy atom. The molecule has 0 radical (unpaired) electrons. The first-order chi connectivity index (χ1) is 14.6. The van der Waals surface area contributed by atoms with E-state index in [1.54, 1.807) is 43.8 Å². The fraction of sp³-hybridized carbons (Fsp3) is 0.316. The summed E-state index contributed by atoms with van der Waals surface area (Å²) in [6.45, 7) is 3.43. The lowest BCUT2D eigenvalue weighted by Crippen LogP contribution is -2.35. The number of nitrogens with zero attached hydrogens (tertiary/aromatic N) is 4. The maximum Gasteiger partial charge on any atom is 0.237 e. The summed E-state index contributed by atoms with van der Waals surface area (Å²) in [6.07, 6.45) is 5.91. The molecule has 9 nitrogen and oxygen atoms in total. The molecule has 1 saturated carbocycles. The van der Waals surface area contributed by atoms with Crippen molar-refractivity contribution in [3.63, 3.8) is 0 Å². The largest absolute Gasteiger partial charge is 0.310 e. The van der Waals surface area contributed by atoms with E-state index in [0.29, 0.717) is 35.6 Å². The summed E-state index contributed by atoms with van der Waals surface area (Å²) >= 11 is 7.02. The van der Waals surface area contributed by atoms with Gasteiger partial charge in [-0.2, -0.15) is 0 Å². The number of pyridine rings is 1. The minimum atomic E-state index is -3.40. The normalized spacial score (nSPS) is 14.3. The summed E-state index contributed by atoms with van der Waals surface area (Å²) < 4.78 is 26.7. The molecule has 0 unspecified atom stereocenters. The molecule has 31 heavy (non-hydrogen) atoms. The molecule has 3 heterocycles. The molecule has 1 aliphatic rings. The van der Waals surface area contributed by atoms with Crippen molar-refractivity contribution in [2.75, 3.05) is 10.0 Å². The molecular formula is C19H19ClN6O3S2. The van der Waals surface area contributed by atoms with Gasteiger partial charge < -0.3 is 5.32 Å². The summed E-state index contributed by atoms with van der Waals surface area (Å²) in [6, 6.07) is 3.41. The van der Waals surface area contributed by atoms with E-state index in [4.69, 9.17) is 11.6 Å². The van der Waals surface area contributed by atoms with Gasteiger partial charge >= 0.3 is 0 Å². The van der Waals surface area contributed by atoms with Crippen molar-refractivity contribution >= 4 is 49.8 Å². The molecule has 4 rings (SSSR count). The first-order valence-electron chi connectivity index (χ1n) is 9.38. The Hall–Kier alpha value is -2.63. The van der Waals surface area contributed by atoms with Gasteiger partial charge in [0.2, 0.25) is 15.9 Å². The Labute approximate surface area is 188 Å². The predicted molar refractivity (Wildman–Crippen MR) is 120 cm³/mol. The summed E-state index contributed by atoms with van der Waals surface area (Å²) in [5.74, 6) is 0.0406. The monoisotopic (exact) mass is 478 g/mol. The SMILES string of the molecule is CC(C)(C(=O)Nc1ccc(-c2cncc(Cl)n2)cn1)c1csc(NS(=O)(=O)C2CC2)n1. The summed E-state index contributed by atoms with van der Waals surface area (Å²) in [5, 5.41) is 4.64. The van der Waals surface area contributed by atoms with Crippen LogP contribution in [-0.4, -0.2) is 39.5 Å². The van der Waals surface area contributed by atoms with Crippen LogP contribution in [0.15, 0.2) is 36.1 Å². The maximum absolute atomic E-state index is 12.9. The number of anilines is 2. The van der Waals surface area contributed by atoms with Gasteiger partial charge in [0.15, 0.2) is 5.13 Å². The third kappa shape index (κ3) is 4.83. The van der Waals surface area contributed by atoms with Gasteiger partial charge in [-0.1, -0.05) is 11.6 Å². The number of carbonyl (C=O) groups is 1. The second kappa shape index (κ2) is 8.13. The molecule has 3 aromatic heterocycles. The van der Waals surface area contributed by atoms with Gasteiger partial charge in [0, 0.05) is 17.1 Å². The van der Waals surface area contributed by atoms with E-state index >= 15 is 0 Å². The average Bonchev–Trinajstić information content (AvgIpc) is 3.49. The fourth-order valence-electron chi connectivity index (χ4n) is 2.68. The molecule has 0 spiro atoms. The molecule has 162 valence electrons. The molecule has 2 N–H and O–H groups in total. The number of nitrogens with one attached hydrogen (secondary N) is 2. The van der Waals surface area contributed by atoms with Crippen LogP contribution in [0.4, 0.5) is 10.9 Å². The number of rotatable bonds is 7. The van der Waals surface area contributed by atoms with Gasteiger partial charge in [0.05, 0.1) is 34.4 Å². The fourth-order valence-corrected chi connectivity index (χ4v) is 5.30. The van der Waals surface area contributed by atoms with Crippen LogP contribution in [0.25, 0.3) is 11.3 Å². The van der Waals surface area contributed by atoms with Gasteiger partial charge in [0.25, 0.3) is 0 Å². The predicted octanol–water partition coefficient (Wildman–Crippen LogP) is 3.47. The highest BCUT2D eigenvalue weighted by Crippen LogP contribution is 2.33. The summed E-state index contributed by atoms with van der Waals surface area (Å²) in [4.78, 5) is 29.6. The maximum atomic E-state index is 12.9. The van der Waals surface area contributed by atoms with Crippen molar-refractivity contribution in [2.45, 2.75) is 37.4 Å². The Kier molecular flexibility index (Phi) is 5.67. The number of aromatic nitrogens is 4. The standard InChI is InChI=1S/C19H19ClN6O3S2/c1-19(2,14-10-30-18(24-14)26-31(28,29)12-4-5-12)17(27)25-16-6-3-11(7-22-16)13-8-21-9-15(20)23-13/h3,6-10,12H,4-5H2,1-2H3,(H,24,26)(H,22,25,27). The van der Waals surface area contributed by atoms with Crippen molar-refractivity contribution in [2.24, 2.45) is 0 Å². The number of thiazole rings is 1. The van der Waals surface area contributed by atoms with Crippen LogP contribution in [0.2, 0.25) is 5.15 Å². The zero-order chi connectivity index (χ0) is 22.2. The molecular weight excluding hydrogens is 460 g/mol. The molecule has 3 aromatic rings. The van der Waals surface area contributed by atoms with Crippen LogP contribution < -0.4 is 10.0 Å². The van der Waals surface area contributed by atoms with E-state index < -0.39 is 15.4 Å². The van der Waals surface area contributed by atoms with E-state index in [0.717, 1.165) is 11.3 Å². The number of hydrogen-bond donors (Lipinski definition) is 2. The quantitative estimate of drug-likeness (QED) is 0.532. The van der Waals surface area contributed by atoms with Crippen molar-refractivity contribution < 1.29 is 13.2 Å². The van der Waals surface area contributed by atoms with Gasteiger partial charge in [0.1, 0.15) is 11.0 Å². The third-order valence-corrected chi connectivity index (χ3v) is 7.71. The Bertz CT molecular complexity index is 1220. The first kappa shape index (κ1) is 21.6. The van der Waals surface area contributed by atoms with E-state index in [2.05, 4.69) is 30.0 Å². The Morgan fingerprint density at radius 2 is 1.97 bits per heavy atom. The highest BCUT2D eigenvalue weighted by molar-refractivity contribution is 7.93. The molecule has 12 heteroatoms. The molecule has 1 amide bonds. The number of carbonyl (C=O) groups excluding carboxylic acids is 1. The molecule has 0 saturated heterocycles. The molecule has 0 aromatic carbocycles. The Balaban J connectivity index is 1.45. The highest BCUT2D eigenvalue weighted by atomic mass is 35.5. The second-order valence-corrected chi connectivity index (χ2v) is 10.8. The lowest BCUT2D eigenvalue weighted by atomic mass is 9.89. The van der Waals surface area contributed by atoms with Crippen molar-refractivity contribution in [3.05, 3.63) is 47.0 Å². The van der Waals surface area contributed by atoms with Crippen LogP contribution in [0.5, 0.6) is 0 Å². The summed E-state index contributed by atoms with van der Waals surface area (Å²) in [5.41, 5.74) is 0.744. The highest BCUT2D eigenvalue weighted by Gasteiger charge is 2.37. The number of amides is 1. The van der Waals surface area contributed by atoms with E-state index in [-0.39, 0.29) is 21.4 Å². The van der Waals surface area contributed by atoms with Gasteiger partial charge in [-0.25, -0.2) is 23.4 Å². The first-order valence-corrected chi connectivity index (χ1v) is 12.2.